The van der Waals surface area contributed by atoms with E-state index in [2.05, 4.69) is 0 Å². The number of carbonyl (C=O) groups excluding carboxylic acids is 2. The van der Waals surface area contributed by atoms with Crippen LogP contribution in [0.1, 0.15) is 22.3 Å². The average Bonchev–Trinajstić information content (AvgIpc) is 3.25. The molecular weight excluding hydrogens is 851 g/mol. The second-order valence-corrected chi connectivity index (χ2v) is 11.7. The van der Waals surface area contributed by atoms with Crippen LogP contribution in [0.2, 0.25) is 0 Å². The molecule has 0 spiro atoms. The van der Waals surface area contributed by atoms with Gasteiger partial charge in [-0.05, 0) is 95.1 Å². The predicted octanol–water partition coefficient (Wildman–Crippen LogP) is 8.91. The zero-order valence-electron chi connectivity index (χ0n) is 34.0. The summed E-state index contributed by atoms with van der Waals surface area (Å²) in [6, 6.07) is 21.3. The van der Waals surface area contributed by atoms with Gasteiger partial charge < -0.3 is 48.1 Å². The van der Waals surface area contributed by atoms with E-state index in [1.54, 1.807) is 142 Å². The van der Waals surface area contributed by atoms with Crippen molar-refractivity contribution in [2.75, 3.05) is 56.9 Å². The molecular formula is C46H48O12Pd. The number of hydrogen-bond donors (Lipinski definition) is 2. The van der Waals surface area contributed by atoms with Gasteiger partial charge in [-0.1, -0.05) is 48.6 Å². The number of ether oxygens (including phenoxy) is 8. The van der Waals surface area contributed by atoms with Crippen molar-refractivity contribution in [1.29, 1.82) is 0 Å². The van der Waals surface area contributed by atoms with E-state index in [0.29, 0.717) is 46.0 Å². The summed E-state index contributed by atoms with van der Waals surface area (Å²) in [7, 11) is 12.4. The molecule has 4 rings (SSSR count). The molecule has 314 valence electrons. The molecule has 12 nitrogen and oxygen atoms in total. The minimum Gasteiger partial charge on any atom is -0.508 e. The van der Waals surface area contributed by atoms with E-state index >= 15 is 0 Å². The molecule has 0 amide bonds. The molecule has 0 unspecified atom stereocenters. The summed E-state index contributed by atoms with van der Waals surface area (Å²) in [5, 5.41) is 20.0. The molecule has 0 saturated carbocycles. The number of aliphatic hydroxyl groups is 2. The number of aliphatic hydroxyl groups excluding tert-OH is 2. The van der Waals surface area contributed by atoms with E-state index in [4.69, 9.17) is 37.9 Å². The van der Waals surface area contributed by atoms with Crippen LogP contribution in [-0.4, -0.2) is 78.7 Å². The summed E-state index contributed by atoms with van der Waals surface area (Å²) in [4.78, 5) is 24.1. The summed E-state index contributed by atoms with van der Waals surface area (Å²) in [6.45, 7) is 0. The quantitative estimate of drug-likeness (QED) is 0.0425. The summed E-state index contributed by atoms with van der Waals surface area (Å²) in [6.07, 6.45) is 14.5. The second-order valence-electron chi connectivity index (χ2n) is 11.7. The van der Waals surface area contributed by atoms with Gasteiger partial charge in [0, 0.05) is 32.6 Å². The standard InChI is InChI=1S/2C23H24O6.Pd/c2*1-26-20-11-7-16(13-22(20)28-3)5-9-18(24)15-19(25)10-6-17-8-12-21(27-2)23(14-17)29-4;/h2*5-15,24H,1-4H3;/b2*9-5+,10-6+,18-15-;. The third kappa shape index (κ3) is 15.6. The number of allylic oxidation sites excluding steroid dienone is 6. The van der Waals surface area contributed by atoms with Crippen molar-refractivity contribution in [3.63, 3.8) is 0 Å². The van der Waals surface area contributed by atoms with Crippen molar-refractivity contribution >= 4 is 35.9 Å². The van der Waals surface area contributed by atoms with Crippen LogP contribution in [0.3, 0.4) is 0 Å². The molecule has 13 heteroatoms. The molecule has 0 saturated heterocycles. The van der Waals surface area contributed by atoms with Crippen LogP contribution in [0.5, 0.6) is 46.0 Å². The van der Waals surface area contributed by atoms with Crippen LogP contribution >= 0.6 is 0 Å². The summed E-state index contributed by atoms with van der Waals surface area (Å²) in [5.74, 6) is 3.69. The van der Waals surface area contributed by atoms with Crippen molar-refractivity contribution in [3.8, 4) is 46.0 Å². The van der Waals surface area contributed by atoms with Gasteiger partial charge in [-0.25, -0.2) is 0 Å². The number of benzene rings is 4. The molecule has 59 heavy (non-hydrogen) atoms. The molecule has 0 aliphatic carbocycles. The van der Waals surface area contributed by atoms with Gasteiger partial charge in [-0.15, -0.1) is 0 Å². The van der Waals surface area contributed by atoms with Crippen LogP contribution in [0.25, 0.3) is 24.3 Å². The van der Waals surface area contributed by atoms with E-state index in [1.165, 1.54) is 24.3 Å². The third-order valence-electron chi connectivity index (χ3n) is 7.98. The van der Waals surface area contributed by atoms with E-state index < -0.39 is 0 Å². The maximum Gasteiger partial charge on any atom is 0.182 e. The van der Waals surface area contributed by atoms with E-state index in [-0.39, 0.29) is 43.5 Å². The molecule has 2 N–H and O–H groups in total. The first-order valence-electron chi connectivity index (χ1n) is 17.5. The normalized spacial score (nSPS) is 11.5. The number of hydrogen-bond acceptors (Lipinski definition) is 12. The van der Waals surface area contributed by atoms with Gasteiger partial charge in [0.2, 0.25) is 0 Å². The Hall–Kier alpha value is -6.68. The largest absolute Gasteiger partial charge is 0.508 e. The van der Waals surface area contributed by atoms with Gasteiger partial charge in [-0.2, -0.15) is 0 Å². The van der Waals surface area contributed by atoms with E-state index in [0.717, 1.165) is 34.4 Å². The summed E-state index contributed by atoms with van der Waals surface area (Å²) in [5.41, 5.74) is 3.11. The van der Waals surface area contributed by atoms with Gasteiger partial charge in [0.15, 0.2) is 57.6 Å². The SMILES string of the molecule is COc1ccc(/C=C/C(=O)/C=C(O)/C=C/c2ccc(OC)c(OC)c2)cc1OC.COc1ccc(/C=C/C(=O)/C=C(O)/C=C/c2ccc(OC)c(OC)c2)cc1OC.[Pd]. The molecule has 0 fully saturated rings. The summed E-state index contributed by atoms with van der Waals surface area (Å²) < 4.78 is 41.7. The zero-order chi connectivity index (χ0) is 42.5. The topological polar surface area (TPSA) is 148 Å². The molecule has 4 aromatic rings. The fourth-order valence-electron chi connectivity index (χ4n) is 5.03. The molecule has 0 atom stereocenters. The van der Waals surface area contributed by atoms with Crippen molar-refractivity contribution < 1.29 is 78.1 Å². The molecule has 0 aliphatic rings. The number of methoxy groups -OCH3 is 8. The average molecular weight is 899 g/mol. The molecule has 0 radical (unpaired) electrons. The first kappa shape index (κ1) is 48.5. The minimum atomic E-state index is -0.353. The van der Waals surface area contributed by atoms with Crippen LogP contribution in [0.4, 0.5) is 0 Å². The Morgan fingerprint density at radius 1 is 0.373 bits per heavy atom. The molecule has 0 bridgehead atoms. The van der Waals surface area contributed by atoms with Crippen molar-refractivity contribution in [1.82, 2.24) is 0 Å². The Labute approximate surface area is 358 Å². The Bertz CT molecular complexity index is 2040. The van der Waals surface area contributed by atoms with Crippen molar-refractivity contribution in [2.24, 2.45) is 0 Å². The first-order valence-corrected chi connectivity index (χ1v) is 17.5. The fraction of sp³-hybridized carbons (Fsp3) is 0.174. The second kappa shape index (κ2) is 25.5. The Morgan fingerprint density at radius 3 is 0.814 bits per heavy atom. The predicted molar refractivity (Wildman–Crippen MR) is 226 cm³/mol. The number of carbonyl (C=O) groups is 2. The fourth-order valence-corrected chi connectivity index (χ4v) is 5.03. The minimum absolute atomic E-state index is 0. The maximum absolute atomic E-state index is 12.1. The van der Waals surface area contributed by atoms with Crippen LogP contribution in [0, 0.1) is 0 Å². The van der Waals surface area contributed by atoms with Crippen molar-refractivity contribution in [3.05, 3.63) is 143 Å². The Balaban J connectivity index is 0.000000400. The zero-order valence-corrected chi connectivity index (χ0v) is 35.5. The van der Waals surface area contributed by atoms with Gasteiger partial charge in [-0.3, -0.25) is 9.59 Å². The van der Waals surface area contributed by atoms with Gasteiger partial charge in [0.1, 0.15) is 11.5 Å². The molecule has 0 heterocycles. The van der Waals surface area contributed by atoms with Gasteiger partial charge >= 0.3 is 0 Å². The van der Waals surface area contributed by atoms with Crippen LogP contribution < -0.4 is 37.9 Å². The van der Waals surface area contributed by atoms with E-state index in [9.17, 15) is 19.8 Å². The number of rotatable bonds is 18. The molecule has 0 aromatic heterocycles. The van der Waals surface area contributed by atoms with E-state index in [1.807, 2.05) is 12.1 Å². The Kier molecular flexibility index (Phi) is 21.0. The van der Waals surface area contributed by atoms with Crippen LogP contribution in [0.15, 0.2) is 121 Å². The van der Waals surface area contributed by atoms with Gasteiger partial charge in [0.05, 0.1) is 56.9 Å². The first-order chi connectivity index (χ1) is 28.0. The Morgan fingerprint density at radius 2 is 0.593 bits per heavy atom. The monoisotopic (exact) mass is 898 g/mol. The molecule has 0 aliphatic heterocycles. The smallest absolute Gasteiger partial charge is 0.182 e. The van der Waals surface area contributed by atoms with Crippen LogP contribution in [-0.2, 0) is 30.0 Å². The summed E-state index contributed by atoms with van der Waals surface area (Å²) >= 11 is 0. The maximum atomic E-state index is 12.1. The number of ketones is 2. The van der Waals surface area contributed by atoms with Gasteiger partial charge in [0.25, 0.3) is 0 Å². The third-order valence-corrected chi connectivity index (χ3v) is 7.98. The molecule has 4 aromatic carbocycles. The van der Waals surface area contributed by atoms with Crippen molar-refractivity contribution in [2.45, 2.75) is 0 Å².